The number of hydrogen-bond acceptors (Lipinski definition) is 7. The first-order valence-electron chi connectivity index (χ1n) is 11.1. The standard InChI is InChI=1S/C25H22ClFN6O2/c1-15-11-17(27)3-4-18(15)23-24(19-5-6-28-13-21(19)26)31-22(14-29-23)32-7-9-33(10-8-32)25(34)20-12-30-35-16(20)2/h3-6,11-14H,7-10H2,1-2H3. The molecule has 0 bridgehead atoms. The van der Waals surface area contributed by atoms with Gasteiger partial charge >= 0.3 is 0 Å². The summed E-state index contributed by atoms with van der Waals surface area (Å²) < 4.78 is 18.8. The first-order valence-corrected chi connectivity index (χ1v) is 11.5. The summed E-state index contributed by atoms with van der Waals surface area (Å²) in [6, 6.07) is 6.36. The summed E-state index contributed by atoms with van der Waals surface area (Å²) in [7, 11) is 0. The first-order chi connectivity index (χ1) is 16.9. The molecule has 178 valence electrons. The highest BCUT2D eigenvalue weighted by Gasteiger charge is 2.26. The minimum absolute atomic E-state index is 0.0964. The number of hydrogen-bond donors (Lipinski definition) is 0. The highest BCUT2D eigenvalue weighted by Crippen LogP contribution is 2.35. The van der Waals surface area contributed by atoms with Crippen molar-refractivity contribution in [3.63, 3.8) is 0 Å². The third-order valence-corrected chi connectivity index (χ3v) is 6.40. The summed E-state index contributed by atoms with van der Waals surface area (Å²) in [5.74, 6) is 0.771. The van der Waals surface area contributed by atoms with Gasteiger partial charge in [-0.05, 0) is 43.7 Å². The van der Waals surface area contributed by atoms with Gasteiger partial charge in [-0.3, -0.25) is 14.8 Å². The van der Waals surface area contributed by atoms with Crippen molar-refractivity contribution in [2.45, 2.75) is 13.8 Å². The molecule has 0 radical (unpaired) electrons. The van der Waals surface area contributed by atoms with E-state index in [1.807, 2.05) is 6.92 Å². The molecular weight excluding hydrogens is 471 g/mol. The largest absolute Gasteiger partial charge is 0.361 e. The molecule has 1 fully saturated rings. The van der Waals surface area contributed by atoms with E-state index in [2.05, 4.69) is 15.0 Å². The quantitative estimate of drug-likeness (QED) is 0.412. The predicted molar refractivity (Wildman–Crippen MR) is 130 cm³/mol. The Balaban J connectivity index is 1.46. The Kier molecular flexibility index (Phi) is 6.17. The molecule has 0 unspecified atom stereocenters. The van der Waals surface area contributed by atoms with E-state index in [0.29, 0.717) is 65.3 Å². The van der Waals surface area contributed by atoms with Crippen LogP contribution in [-0.4, -0.2) is 57.1 Å². The predicted octanol–water partition coefficient (Wildman–Crippen LogP) is 4.57. The van der Waals surface area contributed by atoms with Gasteiger partial charge in [-0.25, -0.2) is 9.37 Å². The number of benzene rings is 1. The van der Waals surface area contributed by atoms with Gasteiger partial charge in [-0.2, -0.15) is 0 Å². The van der Waals surface area contributed by atoms with E-state index < -0.39 is 0 Å². The number of piperazine rings is 1. The number of rotatable bonds is 4. The lowest BCUT2D eigenvalue weighted by atomic mass is 10.0. The van der Waals surface area contributed by atoms with Crippen LogP contribution in [0.3, 0.4) is 0 Å². The molecule has 4 aromatic rings. The number of aryl methyl sites for hydroxylation is 2. The fourth-order valence-corrected chi connectivity index (χ4v) is 4.40. The van der Waals surface area contributed by atoms with E-state index in [-0.39, 0.29) is 11.7 Å². The Bertz CT molecular complexity index is 1400. The highest BCUT2D eigenvalue weighted by molar-refractivity contribution is 6.33. The third-order valence-electron chi connectivity index (χ3n) is 6.10. The SMILES string of the molecule is Cc1cc(F)ccc1-c1ncc(N2CCN(C(=O)c3cnoc3C)CC2)nc1-c1ccncc1Cl. The van der Waals surface area contributed by atoms with Crippen LogP contribution in [0, 0.1) is 19.7 Å². The zero-order chi connectivity index (χ0) is 24.5. The zero-order valence-corrected chi connectivity index (χ0v) is 20.0. The van der Waals surface area contributed by atoms with Crippen molar-refractivity contribution in [1.29, 1.82) is 0 Å². The van der Waals surface area contributed by atoms with Gasteiger partial charge in [0.05, 0.1) is 23.1 Å². The van der Waals surface area contributed by atoms with Crippen LogP contribution in [0.4, 0.5) is 10.2 Å². The van der Waals surface area contributed by atoms with Crippen LogP contribution in [0.15, 0.2) is 53.6 Å². The molecule has 8 nitrogen and oxygen atoms in total. The van der Waals surface area contributed by atoms with Crippen LogP contribution in [0.1, 0.15) is 21.7 Å². The zero-order valence-electron chi connectivity index (χ0n) is 19.2. The van der Waals surface area contributed by atoms with E-state index in [9.17, 15) is 9.18 Å². The van der Waals surface area contributed by atoms with E-state index in [1.54, 1.807) is 42.5 Å². The van der Waals surface area contributed by atoms with Gasteiger partial charge < -0.3 is 14.3 Å². The van der Waals surface area contributed by atoms with Gasteiger partial charge in [0.1, 0.15) is 28.7 Å². The average molecular weight is 493 g/mol. The lowest BCUT2D eigenvalue weighted by Gasteiger charge is -2.35. The summed E-state index contributed by atoms with van der Waals surface area (Å²) >= 11 is 6.48. The Morgan fingerprint density at radius 1 is 1.03 bits per heavy atom. The minimum atomic E-state index is -0.312. The number of carbonyl (C=O) groups is 1. The normalized spacial score (nSPS) is 13.8. The van der Waals surface area contributed by atoms with E-state index in [4.69, 9.17) is 26.1 Å². The molecule has 1 saturated heterocycles. The monoisotopic (exact) mass is 492 g/mol. The fourth-order valence-electron chi connectivity index (χ4n) is 4.19. The van der Waals surface area contributed by atoms with Gasteiger partial charge in [0.15, 0.2) is 0 Å². The van der Waals surface area contributed by atoms with Crippen molar-refractivity contribution in [1.82, 2.24) is 25.0 Å². The Morgan fingerprint density at radius 2 is 1.83 bits per heavy atom. The number of halogens is 2. The summed E-state index contributed by atoms with van der Waals surface area (Å²) in [4.78, 5) is 30.4. The molecule has 0 spiro atoms. The lowest BCUT2D eigenvalue weighted by Crippen LogP contribution is -2.49. The number of anilines is 1. The van der Waals surface area contributed by atoms with Crippen molar-refractivity contribution in [3.8, 4) is 22.5 Å². The van der Waals surface area contributed by atoms with Crippen LogP contribution < -0.4 is 4.90 Å². The number of nitrogens with zero attached hydrogens (tertiary/aromatic N) is 6. The van der Waals surface area contributed by atoms with Crippen LogP contribution in [-0.2, 0) is 0 Å². The van der Waals surface area contributed by atoms with E-state index >= 15 is 0 Å². The summed E-state index contributed by atoms with van der Waals surface area (Å²) in [6.07, 6.45) is 6.37. The molecule has 0 aliphatic carbocycles. The maximum absolute atomic E-state index is 13.7. The molecule has 1 aliphatic heterocycles. The first kappa shape index (κ1) is 22.9. The van der Waals surface area contributed by atoms with Crippen molar-refractivity contribution in [2.24, 2.45) is 0 Å². The molecule has 5 rings (SSSR count). The topological polar surface area (TPSA) is 88.3 Å². The average Bonchev–Trinajstić information content (AvgIpc) is 3.30. The molecule has 0 saturated carbocycles. The lowest BCUT2D eigenvalue weighted by molar-refractivity contribution is 0.0744. The number of pyridine rings is 1. The van der Waals surface area contributed by atoms with Gasteiger partial charge in [-0.15, -0.1) is 0 Å². The smallest absolute Gasteiger partial charge is 0.259 e. The molecule has 0 atom stereocenters. The highest BCUT2D eigenvalue weighted by atomic mass is 35.5. The summed E-state index contributed by atoms with van der Waals surface area (Å²) in [5.41, 5.74) is 3.88. The second kappa shape index (κ2) is 9.42. The Hall–Kier alpha value is -3.85. The molecule has 1 aliphatic rings. The molecule has 1 amide bonds. The van der Waals surface area contributed by atoms with Crippen LogP contribution in [0.2, 0.25) is 5.02 Å². The van der Waals surface area contributed by atoms with Gasteiger partial charge in [0.2, 0.25) is 0 Å². The van der Waals surface area contributed by atoms with Crippen LogP contribution in [0.25, 0.3) is 22.5 Å². The molecule has 0 N–H and O–H groups in total. The number of amides is 1. The summed E-state index contributed by atoms with van der Waals surface area (Å²) in [5, 5.41) is 4.15. The third kappa shape index (κ3) is 4.46. The molecule has 4 heterocycles. The van der Waals surface area contributed by atoms with Crippen molar-refractivity contribution < 1.29 is 13.7 Å². The van der Waals surface area contributed by atoms with Gasteiger partial charge in [0, 0.05) is 49.7 Å². The van der Waals surface area contributed by atoms with Crippen molar-refractivity contribution in [3.05, 3.63) is 76.8 Å². The molecule has 10 heteroatoms. The molecule has 3 aromatic heterocycles. The number of aromatic nitrogens is 4. The molecule has 1 aromatic carbocycles. The number of carbonyl (C=O) groups excluding carboxylic acids is 1. The van der Waals surface area contributed by atoms with Crippen LogP contribution in [0.5, 0.6) is 0 Å². The maximum atomic E-state index is 13.7. The van der Waals surface area contributed by atoms with Crippen LogP contribution >= 0.6 is 11.6 Å². The van der Waals surface area contributed by atoms with Crippen molar-refractivity contribution >= 4 is 23.3 Å². The fraction of sp³-hybridized carbons (Fsp3) is 0.240. The maximum Gasteiger partial charge on any atom is 0.259 e. The van der Waals surface area contributed by atoms with Gasteiger partial charge in [0.25, 0.3) is 5.91 Å². The minimum Gasteiger partial charge on any atom is -0.361 e. The second-order valence-corrected chi connectivity index (χ2v) is 8.72. The Labute approximate surface area is 206 Å². The van der Waals surface area contributed by atoms with E-state index in [0.717, 1.165) is 11.1 Å². The van der Waals surface area contributed by atoms with E-state index in [1.165, 1.54) is 18.3 Å². The molecule has 35 heavy (non-hydrogen) atoms. The Morgan fingerprint density at radius 3 is 2.51 bits per heavy atom. The molecular formula is C25H22ClFN6O2. The van der Waals surface area contributed by atoms with Gasteiger partial charge in [-0.1, -0.05) is 16.8 Å². The second-order valence-electron chi connectivity index (χ2n) is 8.32. The summed E-state index contributed by atoms with van der Waals surface area (Å²) in [6.45, 7) is 5.78. The van der Waals surface area contributed by atoms with Crippen molar-refractivity contribution in [2.75, 3.05) is 31.1 Å².